The Kier molecular flexibility index (Phi) is 5.35. The lowest BCUT2D eigenvalue weighted by Crippen LogP contribution is -2.46. The highest BCUT2D eigenvalue weighted by Crippen LogP contribution is 2.44. The summed E-state index contributed by atoms with van der Waals surface area (Å²) < 4.78 is 8.24. The molecule has 170 valence electrons. The van der Waals surface area contributed by atoms with Gasteiger partial charge in [-0.2, -0.15) is 0 Å². The van der Waals surface area contributed by atoms with Gasteiger partial charge in [0, 0.05) is 36.0 Å². The number of rotatable bonds is 3. The van der Waals surface area contributed by atoms with Crippen LogP contribution < -0.4 is 4.74 Å². The van der Waals surface area contributed by atoms with Crippen molar-refractivity contribution < 1.29 is 9.53 Å². The zero-order valence-corrected chi connectivity index (χ0v) is 19.8. The number of likely N-dealkylation sites (tertiary alicyclic amines) is 1. The number of ether oxygens (including phenoxy) is 1. The Hall–Kier alpha value is -3.34. The summed E-state index contributed by atoms with van der Waals surface area (Å²) in [6.07, 6.45) is 8.51. The van der Waals surface area contributed by atoms with Crippen LogP contribution in [-0.2, 0) is 4.79 Å². The molecule has 3 heterocycles. The number of imidazole rings is 1. The van der Waals surface area contributed by atoms with Crippen molar-refractivity contribution in [3.05, 3.63) is 82.9 Å². The van der Waals surface area contributed by atoms with Gasteiger partial charge >= 0.3 is 0 Å². The summed E-state index contributed by atoms with van der Waals surface area (Å²) in [6.45, 7) is 9.08. The molecule has 1 amide bonds. The van der Waals surface area contributed by atoms with E-state index in [0.717, 1.165) is 65.2 Å². The highest BCUT2D eigenvalue weighted by molar-refractivity contribution is 5.98. The minimum absolute atomic E-state index is 0.0368. The number of para-hydroxylation sites is 1. The Morgan fingerprint density at radius 2 is 1.97 bits per heavy atom. The molecule has 5 rings (SSSR count). The average molecular weight is 442 g/mol. The number of hydrogen-bond acceptors (Lipinski definition) is 3. The Morgan fingerprint density at radius 3 is 2.73 bits per heavy atom. The maximum Gasteiger partial charge on any atom is 0.250 e. The molecule has 0 aliphatic carbocycles. The van der Waals surface area contributed by atoms with E-state index >= 15 is 0 Å². The van der Waals surface area contributed by atoms with Gasteiger partial charge in [0.25, 0.3) is 0 Å². The Labute approximate surface area is 195 Å². The number of hydrogen-bond donors (Lipinski definition) is 0. The van der Waals surface area contributed by atoms with Gasteiger partial charge < -0.3 is 14.2 Å². The summed E-state index contributed by atoms with van der Waals surface area (Å²) in [7, 11) is 0. The molecule has 1 atom stereocenters. The fourth-order valence-corrected chi connectivity index (χ4v) is 5.12. The minimum Gasteiger partial charge on any atom is -0.487 e. The molecule has 0 N–H and O–H groups in total. The van der Waals surface area contributed by atoms with Crippen LogP contribution in [-0.4, -0.2) is 32.5 Å². The number of fused-ring (bicyclic) bond motifs is 1. The van der Waals surface area contributed by atoms with Gasteiger partial charge in [-0.25, -0.2) is 4.98 Å². The van der Waals surface area contributed by atoms with E-state index in [-0.39, 0.29) is 17.6 Å². The van der Waals surface area contributed by atoms with Crippen LogP contribution in [0, 0.1) is 13.8 Å². The third kappa shape index (κ3) is 4.20. The molecular formula is C28H31N3O2. The van der Waals surface area contributed by atoms with Crippen molar-refractivity contribution in [3.8, 4) is 11.4 Å². The third-order valence-electron chi connectivity index (χ3n) is 6.66. The Morgan fingerprint density at radius 1 is 1.15 bits per heavy atom. The van der Waals surface area contributed by atoms with E-state index < -0.39 is 0 Å². The second kappa shape index (κ2) is 8.22. The Balaban J connectivity index is 1.43. The highest BCUT2D eigenvalue weighted by Gasteiger charge is 2.39. The number of aryl methyl sites for hydroxylation is 2. The van der Waals surface area contributed by atoms with Crippen LogP contribution in [0.3, 0.4) is 0 Å². The van der Waals surface area contributed by atoms with Crippen LogP contribution in [0.15, 0.2) is 60.6 Å². The number of amides is 1. The lowest BCUT2D eigenvalue weighted by molar-refractivity contribution is -0.132. The first-order valence-electron chi connectivity index (χ1n) is 11.7. The molecule has 3 aromatic rings. The van der Waals surface area contributed by atoms with Crippen molar-refractivity contribution in [1.82, 2.24) is 14.5 Å². The molecule has 2 aliphatic heterocycles. The topological polar surface area (TPSA) is 47.4 Å². The second-order valence-electron chi connectivity index (χ2n) is 9.86. The maximum atomic E-state index is 13.6. The van der Waals surface area contributed by atoms with E-state index in [1.165, 1.54) is 0 Å². The molecule has 1 saturated heterocycles. The average Bonchev–Trinajstić information content (AvgIpc) is 3.20. The molecule has 0 spiro atoms. The number of benzene rings is 2. The zero-order chi connectivity index (χ0) is 23.2. The number of nitrogens with zero attached hydrogens (tertiary/aromatic N) is 3. The molecule has 5 heteroatoms. The van der Waals surface area contributed by atoms with Gasteiger partial charge in [0.15, 0.2) is 0 Å². The quantitative estimate of drug-likeness (QED) is 0.483. The number of carbonyl (C=O) groups is 1. The van der Waals surface area contributed by atoms with Crippen molar-refractivity contribution in [2.24, 2.45) is 0 Å². The van der Waals surface area contributed by atoms with Crippen LogP contribution in [0.2, 0.25) is 0 Å². The van der Waals surface area contributed by atoms with Crippen molar-refractivity contribution in [2.75, 3.05) is 6.54 Å². The van der Waals surface area contributed by atoms with Crippen molar-refractivity contribution in [3.63, 3.8) is 0 Å². The van der Waals surface area contributed by atoms with Crippen molar-refractivity contribution in [1.29, 1.82) is 0 Å². The highest BCUT2D eigenvalue weighted by atomic mass is 16.5. The van der Waals surface area contributed by atoms with E-state index in [2.05, 4.69) is 61.0 Å². The van der Waals surface area contributed by atoms with Crippen LogP contribution in [0.1, 0.15) is 61.5 Å². The fraction of sp³-hybridized carbons (Fsp3) is 0.357. The molecule has 2 aromatic carbocycles. The molecule has 0 bridgehead atoms. The largest absolute Gasteiger partial charge is 0.487 e. The fourth-order valence-electron chi connectivity index (χ4n) is 5.12. The van der Waals surface area contributed by atoms with Gasteiger partial charge in [0.2, 0.25) is 5.91 Å². The minimum atomic E-state index is -0.306. The predicted octanol–water partition coefficient (Wildman–Crippen LogP) is 5.80. The SMILES string of the molecule is Cc1cn(-c2ccc(/C=C3\CCCN([C@H]4CC(C)(C)Oc5ccccc54)C3=O)cc2C)cn1. The molecule has 2 aliphatic rings. The van der Waals surface area contributed by atoms with Gasteiger partial charge in [-0.15, -0.1) is 0 Å². The molecule has 1 fully saturated rings. The van der Waals surface area contributed by atoms with E-state index in [4.69, 9.17) is 4.74 Å². The van der Waals surface area contributed by atoms with Gasteiger partial charge in [-0.1, -0.05) is 24.3 Å². The molecule has 0 saturated carbocycles. The number of carbonyl (C=O) groups excluding carboxylic acids is 1. The molecule has 0 unspecified atom stereocenters. The van der Waals surface area contributed by atoms with Gasteiger partial charge in [0.05, 0.1) is 18.1 Å². The van der Waals surface area contributed by atoms with Crippen molar-refractivity contribution in [2.45, 2.75) is 58.6 Å². The maximum absolute atomic E-state index is 13.6. The van der Waals surface area contributed by atoms with E-state index in [9.17, 15) is 4.79 Å². The molecule has 33 heavy (non-hydrogen) atoms. The van der Waals surface area contributed by atoms with Gasteiger partial charge in [-0.05, 0) is 75.9 Å². The van der Waals surface area contributed by atoms with Crippen LogP contribution in [0.5, 0.6) is 5.75 Å². The smallest absolute Gasteiger partial charge is 0.250 e. The van der Waals surface area contributed by atoms with Crippen LogP contribution in [0.25, 0.3) is 11.8 Å². The Bertz CT molecular complexity index is 1240. The molecule has 5 nitrogen and oxygen atoms in total. The lowest BCUT2D eigenvalue weighted by Gasteiger charge is -2.44. The normalized spacial score (nSPS) is 21.1. The predicted molar refractivity (Wildman–Crippen MR) is 130 cm³/mol. The van der Waals surface area contributed by atoms with Gasteiger partial charge in [0.1, 0.15) is 11.4 Å². The summed E-state index contributed by atoms with van der Waals surface area (Å²) in [5.74, 6) is 1.04. The van der Waals surface area contributed by atoms with Crippen molar-refractivity contribution >= 4 is 12.0 Å². The first kappa shape index (κ1) is 21.5. The summed E-state index contributed by atoms with van der Waals surface area (Å²) >= 11 is 0. The third-order valence-corrected chi connectivity index (χ3v) is 6.66. The van der Waals surface area contributed by atoms with Gasteiger partial charge in [-0.3, -0.25) is 4.79 Å². The molecule has 0 radical (unpaired) electrons. The zero-order valence-electron chi connectivity index (χ0n) is 19.8. The van der Waals surface area contributed by atoms with Crippen LogP contribution >= 0.6 is 0 Å². The summed E-state index contributed by atoms with van der Waals surface area (Å²) in [5.41, 5.74) is 6.00. The standard InChI is InChI=1S/C28H31N3O2/c1-19-14-21(11-12-24(19)30-17-20(2)29-18-30)15-22-8-7-13-31(27(22)32)25-16-28(3,4)33-26-10-6-5-9-23(25)26/h5-6,9-12,14-15,17-18,25H,7-8,13,16H2,1-4H3/b22-15+/t25-/m0/s1. The first-order valence-corrected chi connectivity index (χ1v) is 11.7. The number of piperidine rings is 1. The lowest BCUT2D eigenvalue weighted by atomic mass is 9.87. The summed E-state index contributed by atoms with van der Waals surface area (Å²) in [5, 5.41) is 0. The van der Waals surface area contributed by atoms with E-state index in [1.54, 1.807) is 0 Å². The number of aromatic nitrogens is 2. The van der Waals surface area contributed by atoms with E-state index in [1.807, 2.05) is 42.2 Å². The summed E-state index contributed by atoms with van der Waals surface area (Å²) in [4.78, 5) is 20.0. The second-order valence-corrected chi connectivity index (χ2v) is 9.86. The molecule has 1 aromatic heterocycles. The van der Waals surface area contributed by atoms with Crippen LogP contribution in [0.4, 0.5) is 0 Å². The van der Waals surface area contributed by atoms with E-state index in [0.29, 0.717) is 0 Å². The monoisotopic (exact) mass is 441 g/mol. The first-order chi connectivity index (χ1) is 15.8. The molecular weight excluding hydrogens is 410 g/mol. The summed E-state index contributed by atoms with van der Waals surface area (Å²) in [6, 6.07) is 14.5.